The number of hydrogen-bond donors (Lipinski definition) is 2. The van der Waals surface area contributed by atoms with Crippen molar-refractivity contribution in [1.29, 1.82) is 0 Å². The third kappa shape index (κ3) is 3.71. The zero-order valence-electron chi connectivity index (χ0n) is 9.58. The van der Waals surface area contributed by atoms with Crippen LogP contribution in [0.3, 0.4) is 0 Å². The number of nitrogens with one attached hydrogen (secondary N) is 2. The Kier molecular flexibility index (Phi) is 4.02. The lowest BCUT2D eigenvalue weighted by molar-refractivity contribution is 0.249. The molecule has 0 unspecified atom stereocenters. The molecule has 5 nitrogen and oxygen atoms in total. The second-order valence-electron chi connectivity index (χ2n) is 3.46. The number of para-hydroxylation sites is 1. The van der Waals surface area contributed by atoms with Crippen molar-refractivity contribution in [1.82, 2.24) is 5.43 Å². The van der Waals surface area contributed by atoms with E-state index in [1.807, 2.05) is 48.5 Å². The van der Waals surface area contributed by atoms with Gasteiger partial charge in [0.05, 0.1) is 11.4 Å². The second-order valence-corrected chi connectivity index (χ2v) is 3.46. The monoisotopic (exact) mass is 240 g/mol. The number of anilines is 1. The zero-order valence-corrected chi connectivity index (χ0v) is 9.58. The Morgan fingerprint density at radius 1 is 0.889 bits per heavy atom. The summed E-state index contributed by atoms with van der Waals surface area (Å²) >= 11 is 0. The summed E-state index contributed by atoms with van der Waals surface area (Å²) in [6.07, 6.45) is 0. The lowest BCUT2D eigenvalue weighted by Gasteiger charge is -2.04. The predicted molar refractivity (Wildman–Crippen MR) is 69.6 cm³/mol. The summed E-state index contributed by atoms with van der Waals surface area (Å²) < 4.78 is 0. The molecular formula is C13H12N4O. The number of carbonyl (C=O) groups is 1. The first-order valence-corrected chi connectivity index (χ1v) is 5.42. The number of hydrogen-bond acceptors (Lipinski definition) is 3. The normalized spacial score (nSPS) is 10.2. The summed E-state index contributed by atoms with van der Waals surface area (Å²) in [4.78, 5) is 11.4. The number of benzene rings is 2. The van der Waals surface area contributed by atoms with Gasteiger partial charge in [-0.3, -0.25) is 5.43 Å². The Bertz CT molecular complexity index is 525. The van der Waals surface area contributed by atoms with Crippen molar-refractivity contribution >= 4 is 17.4 Å². The minimum atomic E-state index is -0.553. The molecule has 5 heteroatoms. The topological polar surface area (TPSA) is 65.8 Å². The maximum atomic E-state index is 11.4. The predicted octanol–water partition coefficient (Wildman–Crippen LogP) is 3.51. The molecule has 2 amide bonds. The van der Waals surface area contributed by atoms with Gasteiger partial charge in [0.15, 0.2) is 0 Å². The second kappa shape index (κ2) is 6.15. The fraction of sp³-hybridized carbons (Fsp3) is 0. The SMILES string of the molecule is O=C(N=Nc1ccccc1)NNc1ccccc1. The Morgan fingerprint density at radius 3 is 2.17 bits per heavy atom. The molecule has 90 valence electrons. The van der Waals surface area contributed by atoms with Crippen LogP contribution >= 0.6 is 0 Å². The van der Waals surface area contributed by atoms with Crippen LogP contribution < -0.4 is 10.9 Å². The highest BCUT2D eigenvalue weighted by Crippen LogP contribution is 2.09. The molecule has 0 aromatic heterocycles. The molecule has 0 radical (unpaired) electrons. The number of hydrazine groups is 1. The number of carbonyl (C=O) groups excluding carboxylic acids is 1. The number of rotatable bonds is 3. The molecule has 0 spiro atoms. The number of nitrogens with zero attached hydrogens (tertiary/aromatic N) is 2. The van der Waals surface area contributed by atoms with Crippen LogP contribution in [0.1, 0.15) is 0 Å². The summed E-state index contributed by atoms with van der Waals surface area (Å²) in [5.41, 5.74) is 6.56. The molecule has 2 aromatic rings. The highest BCUT2D eigenvalue weighted by molar-refractivity contribution is 5.76. The van der Waals surface area contributed by atoms with E-state index in [0.29, 0.717) is 5.69 Å². The van der Waals surface area contributed by atoms with Crippen molar-refractivity contribution in [2.24, 2.45) is 10.2 Å². The highest BCUT2D eigenvalue weighted by atomic mass is 16.2. The number of amides is 2. The molecule has 0 aliphatic carbocycles. The van der Waals surface area contributed by atoms with E-state index in [1.165, 1.54) is 0 Å². The van der Waals surface area contributed by atoms with E-state index in [-0.39, 0.29) is 0 Å². The first kappa shape index (κ1) is 11.8. The fourth-order valence-corrected chi connectivity index (χ4v) is 1.27. The van der Waals surface area contributed by atoms with Crippen molar-refractivity contribution in [3.05, 3.63) is 60.7 Å². The van der Waals surface area contributed by atoms with Crippen molar-refractivity contribution < 1.29 is 4.79 Å². The third-order valence-corrected chi connectivity index (χ3v) is 2.10. The van der Waals surface area contributed by atoms with Crippen molar-refractivity contribution in [3.8, 4) is 0 Å². The zero-order chi connectivity index (χ0) is 12.6. The molecule has 0 fully saturated rings. The first-order valence-electron chi connectivity index (χ1n) is 5.42. The maximum Gasteiger partial charge on any atom is 0.378 e. The Labute approximate surface area is 105 Å². The van der Waals surface area contributed by atoms with Gasteiger partial charge < -0.3 is 0 Å². The van der Waals surface area contributed by atoms with Gasteiger partial charge >= 0.3 is 6.03 Å². The molecular weight excluding hydrogens is 228 g/mol. The molecule has 18 heavy (non-hydrogen) atoms. The van der Waals surface area contributed by atoms with Crippen molar-refractivity contribution in [3.63, 3.8) is 0 Å². The Balaban J connectivity index is 1.84. The molecule has 0 bridgehead atoms. The molecule has 2 N–H and O–H groups in total. The van der Waals surface area contributed by atoms with Crippen LogP contribution in [0.25, 0.3) is 0 Å². The Hall–Kier alpha value is -2.69. The summed E-state index contributed by atoms with van der Waals surface area (Å²) in [5.74, 6) is 0. The minimum absolute atomic E-state index is 0.553. The third-order valence-electron chi connectivity index (χ3n) is 2.10. The average molecular weight is 240 g/mol. The van der Waals surface area contributed by atoms with Crippen LogP contribution in [-0.2, 0) is 0 Å². The van der Waals surface area contributed by atoms with Gasteiger partial charge in [-0.05, 0) is 24.3 Å². The van der Waals surface area contributed by atoms with Crippen LogP contribution in [0.2, 0.25) is 0 Å². The van der Waals surface area contributed by atoms with Gasteiger partial charge in [-0.25, -0.2) is 10.2 Å². The van der Waals surface area contributed by atoms with Crippen LogP contribution in [0.15, 0.2) is 70.9 Å². The lowest BCUT2D eigenvalue weighted by Crippen LogP contribution is -2.25. The van der Waals surface area contributed by atoms with Crippen LogP contribution in [0.4, 0.5) is 16.2 Å². The number of azo groups is 1. The van der Waals surface area contributed by atoms with E-state index in [2.05, 4.69) is 21.1 Å². The summed E-state index contributed by atoms with van der Waals surface area (Å²) in [6.45, 7) is 0. The van der Waals surface area contributed by atoms with Gasteiger partial charge in [-0.1, -0.05) is 41.5 Å². The summed E-state index contributed by atoms with van der Waals surface area (Å²) in [7, 11) is 0. The molecule has 0 atom stereocenters. The standard InChI is InChI=1S/C13H12N4O/c18-13(16-14-11-7-3-1-4-8-11)17-15-12-9-5-2-6-10-12/h1-10,14H,(H,16,18). The molecule has 2 aromatic carbocycles. The van der Waals surface area contributed by atoms with E-state index < -0.39 is 6.03 Å². The molecule has 0 heterocycles. The van der Waals surface area contributed by atoms with Crippen molar-refractivity contribution in [2.45, 2.75) is 0 Å². The summed E-state index contributed by atoms with van der Waals surface area (Å²) in [5, 5.41) is 7.31. The molecule has 2 rings (SSSR count). The molecule has 0 aliphatic heterocycles. The largest absolute Gasteiger partial charge is 0.378 e. The molecule has 0 saturated heterocycles. The molecule has 0 saturated carbocycles. The van der Waals surface area contributed by atoms with Crippen LogP contribution in [-0.4, -0.2) is 6.03 Å². The van der Waals surface area contributed by atoms with Gasteiger partial charge in [0.2, 0.25) is 0 Å². The Morgan fingerprint density at radius 2 is 1.50 bits per heavy atom. The number of urea groups is 1. The smallest absolute Gasteiger partial charge is 0.297 e. The fourth-order valence-electron chi connectivity index (χ4n) is 1.27. The van der Waals surface area contributed by atoms with Gasteiger partial charge in [-0.15, -0.1) is 5.11 Å². The van der Waals surface area contributed by atoms with Gasteiger partial charge in [0.25, 0.3) is 0 Å². The maximum absolute atomic E-state index is 11.4. The minimum Gasteiger partial charge on any atom is -0.297 e. The lowest BCUT2D eigenvalue weighted by atomic mass is 10.3. The van der Waals surface area contributed by atoms with E-state index in [1.54, 1.807) is 12.1 Å². The van der Waals surface area contributed by atoms with Gasteiger partial charge in [0.1, 0.15) is 0 Å². The van der Waals surface area contributed by atoms with Crippen LogP contribution in [0, 0.1) is 0 Å². The molecule has 0 aliphatic rings. The quantitative estimate of drug-likeness (QED) is 0.636. The van der Waals surface area contributed by atoms with Gasteiger partial charge in [-0.2, -0.15) is 0 Å². The van der Waals surface area contributed by atoms with E-state index in [4.69, 9.17) is 0 Å². The average Bonchev–Trinajstić information content (AvgIpc) is 2.45. The van der Waals surface area contributed by atoms with E-state index in [0.717, 1.165) is 5.69 Å². The highest BCUT2D eigenvalue weighted by Gasteiger charge is 1.96. The van der Waals surface area contributed by atoms with E-state index in [9.17, 15) is 4.79 Å². The first-order chi connectivity index (χ1) is 8.84. The summed E-state index contributed by atoms with van der Waals surface area (Å²) in [6, 6.07) is 17.8. The van der Waals surface area contributed by atoms with Crippen LogP contribution in [0.5, 0.6) is 0 Å². The van der Waals surface area contributed by atoms with Gasteiger partial charge in [0, 0.05) is 0 Å². The van der Waals surface area contributed by atoms with Crippen molar-refractivity contribution in [2.75, 3.05) is 5.43 Å². The van der Waals surface area contributed by atoms with E-state index >= 15 is 0 Å².